The number of nitrogens with zero attached hydrogens (tertiary/aromatic N) is 1. The second-order valence-electron chi connectivity index (χ2n) is 3.31. The van der Waals surface area contributed by atoms with Gasteiger partial charge in [0.2, 0.25) is 0 Å². The van der Waals surface area contributed by atoms with Gasteiger partial charge in [0.15, 0.2) is 0 Å². The first-order valence-electron chi connectivity index (χ1n) is 4.50. The molecule has 4 heteroatoms. The molecule has 0 amide bonds. The van der Waals surface area contributed by atoms with Gasteiger partial charge in [-0.1, -0.05) is 0 Å². The summed E-state index contributed by atoms with van der Waals surface area (Å²) in [5.41, 5.74) is 7.66. The summed E-state index contributed by atoms with van der Waals surface area (Å²) in [5, 5.41) is 8.12. The predicted octanol–water partition coefficient (Wildman–Crippen LogP) is 1.59. The molecule has 1 aromatic heterocycles. The number of hydrogen-bond acceptors (Lipinski definition) is 3. The van der Waals surface area contributed by atoms with E-state index in [0.29, 0.717) is 0 Å². The number of fused-ring (bicyclic) bond motifs is 1. The van der Waals surface area contributed by atoms with Crippen LogP contribution in [0.2, 0.25) is 0 Å². The van der Waals surface area contributed by atoms with E-state index >= 15 is 0 Å². The minimum atomic E-state index is -0.0490. The fourth-order valence-electron chi connectivity index (χ4n) is 1.48. The number of aromatic amines is 1. The Kier molecular flexibility index (Phi) is 2.13. The van der Waals surface area contributed by atoms with E-state index in [-0.39, 0.29) is 6.04 Å². The molecular weight excluding hydrogens is 178 g/mol. The highest BCUT2D eigenvalue weighted by Gasteiger charge is 2.09. The molecule has 14 heavy (non-hydrogen) atoms. The number of rotatable bonds is 2. The van der Waals surface area contributed by atoms with Gasteiger partial charge in [-0.3, -0.25) is 5.10 Å². The molecule has 0 aliphatic heterocycles. The Balaban J connectivity index is 2.63. The molecule has 0 bridgehead atoms. The monoisotopic (exact) mass is 191 g/mol. The lowest BCUT2D eigenvalue weighted by Crippen LogP contribution is -2.05. The van der Waals surface area contributed by atoms with Crippen molar-refractivity contribution in [2.75, 3.05) is 7.11 Å². The van der Waals surface area contributed by atoms with Crippen LogP contribution in [0.3, 0.4) is 0 Å². The number of nitrogens with two attached hydrogens (primary N) is 1. The van der Waals surface area contributed by atoms with Crippen LogP contribution in [0.4, 0.5) is 0 Å². The van der Waals surface area contributed by atoms with E-state index in [1.165, 1.54) is 0 Å². The van der Waals surface area contributed by atoms with Crippen molar-refractivity contribution >= 4 is 10.9 Å². The number of ether oxygens (including phenoxy) is 1. The van der Waals surface area contributed by atoms with E-state index in [4.69, 9.17) is 10.5 Å². The lowest BCUT2D eigenvalue weighted by molar-refractivity contribution is 0.415. The predicted molar refractivity (Wildman–Crippen MR) is 55.2 cm³/mol. The molecule has 0 saturated heterocycles. The van der Waals surface area contributed by atoms with Gasteiger partial charge in [-0.2, -0.15) is 5.10 Å². The standard InChI is InChI=1S/C10H13N3O/c1-6(11)10-8-5-7(14-2)3-4-9(8)12-13-10/h3-6H,11H2,1-2H3,(H,12,13). The van der Waals surface area contributed by atoms with Crippen LogP contribution in [0.5, 0.6) is 5.75 Å². The first-order valence-corrected chi connectivity index (χ1v) is 4.50. The van der Waals surface area contributed by atoms with Gasteiger partial charge in [-0.05, 0) is 25.1 Å². The van der Waals surface area contributed by atoms with E-state index < -0.39 is 0 Å². The summed E-state index contributed by atoms with van der Waals surface area (Å²) in [7, 11) is 1.65. The Morgan fingerprint density at radius 1 is 1.50 bits per heavy atom. The van der Waals surface area contributed by atoms with Crippen molar-refractivity contribution < 1.29 is 4.74 Å². The average molecular weight is 191 g/mol. The maximum absolute atomic E-state index is 5.80. The molecule has 4 nitrogen and oxygen atoms in total. The smallest absolute Gasteiger partial charge is 0.119 e. The molecule has 74 valence electrons. The molecule has 2 rings (SSSR count). The number of methoxy groups -OCH3 is 1. The third kappa shape index (κ3) is 1.33. The maximum Gasteiger partial charge on any atom is 0.119 e. The van der Waals surface area contributed by atoms with E-state index in [9.17, 15) is 0 Å². The Bertz CT molecular complexity index is 448. The third-order valence-corrected chi connectivity index (χ3v) is 2.25. The fraction of sp³-hybridized carbons (Fsp3) is 0.300. The van der Waals surface area contributed by atoms with Crippen LogP contribution in [-0.4, -0.2) is 17.3 Å². The summed E-state index contributed by atoms with van der Waals surface area (Å²) in [4.78, 5) is 0. The van der Waals surface area contributed by atoms with Gasteiger partial charge in [-0.15, -0.1) is 0 Å². The lowest BCUT2D eigenvalue weighted by Gasteiger charge is -2.03. The largest absolute Gasteiger partial charge is 0.497 e. The maximum atomic E-state index is 5.80. The molecule has 0 spiro atoms. The molecule has 0 fully saturated rings. The van der Waals surface area contributed by atoms with Crippen molar-refractivity contribution in [2.24, 2.45) is 5.73 Å². The van der Waals surface area contributed by atoms with Gasteiger partial charge in [0, 0.05) is 11.4 Å². The van der Waals surface area contributed by atoms with E-state index in [1.807, 2.05) is 25.1 Å². The van der Waals surface area contributed by atoms with Gasteiger partial charge in [-0.25, -0.2) is 0 Å². The zero-order valence-corrected chi connectivity index (χ0v) is 8.24. The summed E-state index contributed by atoms with van der Waals surface area (Å²) in [6, 6.07) is 5.69. The highest BCUT2D eigenvalue weighted by Crippen LogP contribution is 2.24. The molecule has 1 aromatic carbocycles. The topological polar surface area (TPSA) is 63.9 Å². The molecule has 0 saturated carbocycles. The summed E-state index contributed by atoms with van der Waals surface area (Å²) in [6.07, 6.45) is 0. The molecule has 0 aliphatic carbocycles. The zero-order valence-electron chi connectivity index (χ0n) is 8.24. The Hall–Kier alpha value is -1.55. The minimum absolute atomic E-state index is 0.0490. The van der Waals surface area contributed by atoms with Crippen LogP contribution in [-0.2, 0) is 0 Å². The minimum Gasteiger partial charge on any atom is -0.497 e. The van der Waals surface area contributed by atoms with Crippen molar-refractivity contribution in [2.45, 2.75) is 13.0 Å². The number of aromatic nitrogens is 2. The molecule has 2 aromatic rings. The van der Waals surface area contributed by atoms with Crippen molar-refractivity contribution in [3.63, 3.8) is 0 Å². The molecular formula is C10H13N3O. The summed E-state index contributed by atoms with van der Waals surface area (Å²) in [5.74, 6) is 0.820. The van der Waals surface area contributed by atoms with Crippen molar-refractivity contribution in [1.82, 2.24) is 10.2 Å². The van der Waals surface area contributed by atoms with Gasteiger partial charge in [0.1, 0.15) is 5.75 Å². The average Bonchev–Trinajstić information content (AvgIpc) is 2.59. The second-order valence-corrected chi connectivity index (χ2v) is 3.31. The van der Waals surface area contributed by atoms with Crippen molar-refractivity contribution in [3.8, 4) is 5.75 Å². The SMILES string of the molecule is COc1ccc2n[nH]c(C(C)N)c2c1. The lowest BCUT2D eigenvalue weighted by atomic mass is 10.1. The van der Waals surface area contributed by atoms with E-state index in [2.05, 4.69) is 10.2 Å². The first-order chi connectivity index (χ1) is 6.72. The Labute approximate surface area is 82.1 Å². The Morgan fingerprint density at radius 3 is 2.93 bits per heavy atom. The normalized spacial score (nSPS) is 13.1. The summed E-state index contributed by atoms with van der Waals surface area (Å²) >= 11 is 0. The van der Waals surface area contributed by atoms with Gasteiger partial charge in [0.05, 0.1) is 18.3 Å². The van der Waals surface area contributed by atoms with E-state index in [0.717, 1.165) is 22.3 Å². The van der Waals surface area contributed by atoms with Crippen LogP contribution in [0.25, 0.3) is 10.9 Å². The Morgan fingerprint density at radius 2 is 2.29 bits per heavy atom. The number of nitrogens with one attached hydrogen (secondary N) is 1. The number of hydrogen-bond donors (Lipinski definition) is 2. The molecule has 1 heterocycles. The van der Waals surface area contributed by atoms with Gasteiger partial charge in [0.25, 0.3) is 0 Å². The van der Waals surface area contributed by atoms with Crippen molar-refractivity contribution in [3.05, 3.63) is 23.9 Å². The molecule has 1 atom stereocenters. The second kappa shape index (κ2) is 3.31. The van der Waals surface area contributed by atoms with Crippen LogP contribution in [0.1, 0.15) is 18.7 Å². The van der Waals surface area contributed by atoms with Crippen LogP contribution in [0.15, 0.2) is 18.2 Å². The van der Waals surface area contributed by atoms with Crippen LogP contribution in [0, 0.1) is 0 Å². The summed E-state index contributed by atoms with van der Waals surface area (Å²) < 4.78 is 5.14. The van der Waals surface area contributed by atoms with Gasteiger partial charge >= 0.3 is 0 Å². The zero-order chi connectivity index (χ0) is 10.1. The quantitative estimate of drug-likeness (QED) is 0.757. The molecule has 0 radical (unpaired) electrons. The molecule has 1 unspecified atom stereocenters. The van der Waals surface area contributed by atoms with Gasteiger partial charge < -0.3 is 10.5 Å². The van der Waals surface area contributed by atoms with Crippen LogP contribution < -0.4 is 10.5 Å². The van der Waals surface area contributed by atoms with E-state index in [1.54, 1.807) is 7.11 Å². The molecule has 3 N–H and O–H groups in total. The molecule has 0 aliphatic rings. The van der Waals surface area contributed by atoms with Crippen LogP contribution >= 0.6 is 0 Å². The first kappa shape index (κ1) is 9.02. The highest BCUT2D eigenvalue weighted by atomic mass is 16.5. The fourth-order valence-corrected chi connectivity index (χ4v) is 1.48. The third-order valence-electron chi connectivity index (χ3n) is 2.25. The van der Waals surface area contributed by atoms with Crippen molar-refractivity contribution in [1.29, 1.82) is 0 Å². The number of benzene rings is 1. The highest BCUT2D eigenvalue weighted by molar-refractivity contribution is 5.83. The summed E-state index contributed by atoms with van der Waals surface area (Å²) in [6.45, 7) is 1.92. The number of H-pyrrole nitrogens is 1.